The van der Waals surface area contributed by atoms with Crippen LogP contribution < -0.4 is 9.64 Å². The minimum absolute atomic E-state index is 0.0274. The lowest BCUT2D eigenvalue weighted by Crippen LogP contribution is -2.38. The molecular formula is C16H15NO3. The van der Waals surface area contributed by atoms with Gasteiger partial charge in [0.05, 0.1) is 18.8 Å². The van der Waals surface area contributed by atoms with E-state index in [1.165, 1.54) is 0 Å². The van der Waals surface area contributed by atoms with Gasteiger partial charge in [-0.3, -0.25) is 4.79 Å². The van der Waals surface area contributed by atoms with Crippen molar-refractivity contribution in [3.05, 3.63) is 59.7 Å². The molecule has 1 aliphatic rings. The van der Waals surface area contributed by atoms with Crippen molar-refractivity contribution in [2.45, 2.75) is 13.2 Å². The molecule has 20 heavy (non-hydrogen) atoms. The first kappa shape index (κ1) is 12.7. The van der Waals surface area contributed by atoms with Crippen molar-refractivity contribution < 1.29 is 14.6 Å². The number of hydrogen-bond acceptors (Lipinski definition) is 3. The molecule has 0 fully saturated rings. The van der Waals surface area contributed by atoms with Crippen LogP contribution in [0.2, 0.25) is 0 Å². The number of aliphatic hydroxyl groups is 1. The number of carbonyl (C=O) groups excluding carboxylic acids is 1. The van der Waals surface area contributed by atoms with Gasteiger partial charge in [-0.05, 0) is 23.3 Å². The van der Waals surface area contributed by atoms with Crippen molar-refractivity contribution >= 4 is 11.6 Å². The molecule has 0 atom stereocenters. The smallest absolute Gasteiger partial charge is 0.265 e. The van der Waals surface area contributed by atoms with Gasteiger partial charge in [0, 0.05) is 0 Å². The minimum atomic E-state index is -0.0464. The van der Waals surface area contributed by atoms with Crippen LogP contribution >= 0.6 is 0 Å². The second kappa shape index (κ2) is 5.35. The molecule has 4 nitrogen and oxygen atoms in total. The van der Waals surface area contributed by atoms with E-state index in [0.717, 1.165) is 22.6 Å². The fourth-order valence-electron chi connectivity index (χ4n) is 2.26. The first-order valence-electron chi connectivity index (χ1n) is 6.49. The molecule has 4 heteroatoms. The Hall–Kier alpha value is -2.33. The quantitative estimate of drug-likeness (QED) is 0.928. The number of rotatable bonds is 3. The summed E-state index contributed by atoms with van der Waals surface area (Å²) in [5.41, 5.74) is 2.68. The molecule has 2 aromatic rings. The molecule has 1 N–H and O–H groups in total. The molecule has 1 aliphatic heterocycles. The van der Waals surface area contributed by atoms with Crippen molar-refractivity contribution in [2.24, 2.45) is 0 Å². The van der Waals surface area contributed by atoms with Crippen LogP contribution in [0.15, 0.2) is 48.5 Å². The predicted octanol–water partition coefficient (Wildman–Crippen LogP) is 2.10. The van der Waals surface area contributed by atoms with Crippen LogP contribution in [0.25, 0.3) is 0 Å². The standard InChI is InChI=1S/C16H15NO3/c18-10-13-7-5-12(6-8-13)9-17-14-3-1-2-4-15(14)20-11-16(17)19/h1-8,18H,9-11H2. The first-order valence-corrected chi connectivity index (χ1v) is 6.49. The van der Waals surface area contributed by atoms with Crippen LogP contribution in [0.5, 0.6) is 5.75 Å². The van der Waals surface area contributed by atoms with E-state index in [0.29, 0.717) is 6.54 Å². The zero-order valence-electron chi connectivity index (χ0n) is 11.0. The van der Waals surface area contributed by atoms with Gasteiger partial charge in [0.25, 0.3) is 5.91 Å². The van der Waals surface area contributed by atoms with Gasteiger partial charge in [-0.15, -0.1) is 0 Å². The highest BCUT2D eigenvalue weighted by atomic mass is 16.5. The summed E-state index contributed by atoms with van der Waals surface area (Å²) in [6, 6.07) is 15.1. The maximum absolute atomic E-state index is 12.0. The second-order valence-electron chi connectivity index (χ2n) is 4.71. The normalized spacial score (nSPS) is 13.8. The van der Waals surface area contributed by atoms with Gasteiger partial charge in [-0.25, -0.2) is 0 Å². The molecule has 0 radical (unpaired) electrons. The fraction of sp³-hybridized carbons (Fsp3) is 0.188. The van der Waals surface area contributed by atoms with Gasteiger partial charge in [-0.2, -0.15) is 0 Å². The first-order chi connectivity index (χ1) is 9.78. The average Bonchev–Trinajstić information content (AvgIpc) is 2.51. The lowest BCUT2D eigenvalue weighted by Gasteiger charge is -2.29. The molecule has 1 amide bonds. The van der Waals surface area contributed by atoms with E-state index in [4.69, 9.17) is 9.84 Å². The topological polar surface area (TPSA) is 49.8 Å². The van der Waals surface area contributed by atoms with E-state index in [1.54, 1.807) is 4.90 Å². The Balaban J connectivity index is 1.87. The number of amides is 1. The van der Waals surface area contributed by atoms with Gasteiger partial charge >= 0.3 is 0 Å². The molecule has 0 bridgehead atoms. The van der Waals surface area contributed by atoms with E-state index in [9.17, 15) is 4.79 Å². The molecule has 0 spiro atoms. The van der Waals surface area contributed by atoms with Crippen molar-refractivity contribution in [2.75, 3.05) is 11.5 Å². The number of hydrogen-bond donors (Lipinski definition) is 1. The summed E-state index contributed by atoms with van der Waals surface area (Å²) in [5.74, 6) is 0.689. The number of para-hydroxylation sites is 2. The number of benzene rings is 2. The summed E-state index contributed by atoms with van der Waals surface area (Å²) < 4.78 is 5.42. The molecule has 3 rings (SSSR count). The third kappa shape index (κ3) is 2.38. The Morgan fingerprint density at radius 3 is 2.50 bits per heavy atom. The summed E-state index contributed by atoms with van der Waals surface area (Å²) >= 11 is 0. The zero-order chi connectivity index (χ0) is 13.9. The van der Waals surface area contributed by atoms with Gasteiger partial charge in [0.1, 0.15) is 5.75 Å². The SMILES string of the molecule is O=C1COc2ccccc2N1Cc1ccc(CO)cc1. The average molecular weight is 269 g/mol. The van der Waals surface area contributed by atoms with Gasteiger partial charge in [-0.1, -0.05) is 36.4 Å². The molecule has 102 valence electrons. The predicted molar refractivity (Wildman–Crippen MR) is 75.5 cm³/mol. The maximum atomic E-state index is 12.0. The third-order valence-corrected chi connectivity index (χ3v) is 3.35. The lowest BCUT2D eigenvalue weighted by molar-refractivity contribution is -0.121. The number of aliphatic hydroxyl groups excluding tert-OH is 1. The fourth-order valence-corrected chi connectivity index (χ4v) is 2.26. The number of carbonyl (C=O) groups is 1. The van der Waals surface area contributed by atoms with Gasteiger partial charge < -0.3 is 14.7 Å². The highest BCUT2D eigenvalue weighted by molar-refractivity contribution is 5.97. The van der Waals surface area contributed by atoms with Gasteiger partial charge in [0.2, 0.25) is 0 Å². The molecule has 1 heterocycles. The minimum Gasteiger partial charge on any atom is -0.482 e. The lowest BCUT2D eigenvalue weighted by atomic mass is 10.1. The van der Waals surface area contributed by atoms with E-state index in [2.05, 4.69) is 0 Å². The third-order valence-electron chi connectivity index (χ3n) is 3.35. The summed E-state index contributed by atoms with van der Waals surface area (Å²) in [7, 11) is 0. The Labute approximate surface area is 117 Å². The second-order valence-corrected chi connectivity index (χ2v) is 4.71. The maximum Gasteiger partial charge on any atom is 0.265 e. The molecule has 0 unspecified atom stereocenters. The number of fused-ring (bicyclic) bond motifs is 1. The molecule has 0 saturated heterocycles. The largest absolute Gasteiger partial charge is 0.482 e. The van der Waals surface area contributed by atoms with Crippen molar-refractivity contribution in [3.8, 4) is 5.75 Å². The summed E-state index contributed by atoms with van der Waals surface area (Å²) in [6.45, 7) is 0.607. The summed E-state index contributed by atoms with van der Waals surface area (Å²) in [4.78, 5) is 13.8. The van der Waals surface area contributed by atoms with E-state index < -0.39 is 0 Å². The number of anilines is 1. The van der Waals surface area contributed by atoms with Crippen molar-refractivity contribution in [1.29, 1.82) is 0 Å². The monoisotopic (exact) mass is 269 g/mol. The van der Waals surface area contributed by atoms with Gasteiger partial charge in [0.15, 0.2) is 6.61 Å². The van der Waals surface area contributed by atoms with Crippen molar-refractivity contribution in [3.63, 3.8) is 0 Å². The van der Waals surface area contributed by atoms with Crippen LogP contribution in [0, 0.1) is 0 Å². The van der Waals surface area contributed by atoms with Crippen LogP contribution in [-0.2, 0) is 17.9 Å². The van der Waals surface area contributed by atoms with Crippen LogP contribution in [0.4, 0.5) is 5.69 Å². The molecule has 0 saturated carbocycles. The van der Waals surface area contributed by atoms with Crippen LogP contribution in [-0.4, -0.2) is 17.6 Å². The molecule has 2 aromatic carbocycles. The molecular weight excluding hydrogens is 254 g/mol. The number of ether oxygens (including phenoxy) is 1. The zero-order valence-corrected chi connectivity index (χ0v) is 11.0. The van der Waals surface area contributed by atoms with Crippen molar-refractivity contribution in [1.82, 2.24) is 0 Å². The Morgan fingerprint density at radius 1 is 1.05 bits per heavy atom. The Bertz CT molecular complexity index is 622. The van der Waals surface area contributed by atoms with E-state index in [1.807, 2.05) is 48.5 Å². The van der Waals surface area contributed by atoms with Crippen LogP contribution in [0.3, 0.4) is 0 Å². The molecule has 0 aliphatic carbocycles. The summed E-state index contributed by atoms with van der Waals surface area (Å²) in [5, 5.41) is 9.04. The van der Waals surface area contributed by atoms with E-state index >= 15 is 0 Å². The Morgan fingerprint density at radius 2 is 1.75 bits per heavy atom. The highest BCUT2D eigenvalue weighted by Crippen LogP contribution is 2.32. The summed E-state index contributed by atoms with van der Waals surface area (Å²) in [6.07, 6.45) is 0. The molecule has 0 aromatic heterocycles. The van der Waals surface area contributed by atoms with E-state index in [-0.39, 0.29) is 19.1 Å². The Kier molecular flexibility index (Phi) is 3.39. The van der Waals surface area contributed by atoms with Crippen LogP contribution in [0.1, 0.15) is 11.1 Å². The highest BCUT2D eigenvalue weighted by Gasteiger charge is 2.24. The number of nitrogens with zero attached hydrogens (tertiary/aromatic N) is 1.